The summed E-state index contributed by atoms with van der Waals surface area (Å²) < 4.78 is 5.46. The highest BCUT2D eigenvalue weighted by Crippen LogP contribution is 2.38. The van der Waals surface area contributed by atoms with Crippen molar-refractivity contribution >= 4 is 11.6 Å². The molecule has 150 valence electrons. The van der Waals surface area contributed by atoms with E-state index >= 15 is 0 Å². The highest BCUT2D eigenvalue weighted by atomic mass is 16.5. The van der Waals surface area contributed by atoms with E-state index in [1.165, 1.54) is 12.1 Å². The molecule has 1 atom stereocenters. The predicted molar refractivity (Wildman–Crippen MR) is 106 cm³/mol. The molecule has 1 aliphatic heterocycles. The van der Waals surface area contributed by atoms with Gasteiger partial charge in [-0.05, 0) is 50.5 Å². The number of fused-ring (bicyclic) bond motifs is 1. The molecule has 7 heteroatoms. The van der Waals surface area contributed by atoms with Gasteiger partial charge in [0.05, 0.1) is 11.8 Å². The Bertz CT molecular complexity index is 849. The Balaban J connectivity index is 1.62. The maximum Gasteiger partial charge on any atom is 0.262 e. The number of ether oxygens (including phenoxy) is 1. The molecule has 1 aliphatic rings. The molecule has 0 aliphatic carbocycles. The number of nitrogens with one attached hydrogen (secondary N) is 2. The molecule has 0 spiro atoms. The first-order valence-corrected chi connectivity index (χ1v) is 9.24. The van der Waals surface area contributed by atoms with Crippen molar-refractivity contribution in [1.82, 2.24) is 5.32 Å². The third kappa shape index (κ3) is 4.94. The van der Waals surface area contributed by atoms with Crippen LogP contribution in [0.15, 0.2) is 36.4 Å². The number of phenolic OH excluding ortho intramolecular Hbond substituents is 2. The average molecular weight is 386 g/mol. The number of phenols is 2. The predicted octanol–water partition coefficient (Wildman–Crippen LogP) is 2.46. The summed E-state index contributed by atoms with van der Waals surface area (Å²) in [6.07, 6.45) is 0.742. The zero-order valence-corrected chi connectivity index (χ0v) is 16.0. The number of hydrogen-bond donors (Lipinski definition) is 5. The third-order valence-corrected chi connectivity index (χ3v) is 4.83. The quantitative estimate of drug-likeness (QED) is 0.500. The summed E-state index contributed by atoms with van der Waals surface area (Å²) in [4.78, 5) is 11.5. The van der Waals surface area contributed by atoms with Crippen LogP contribution in [0.4, 0.5) is 5.69 Å². The van der Waals surface area contributed by atoms with Crippen molar-refractivity contribution in [3.63, 3.8) is 0 Å². The smallest absolute Gasteiger partial charge is 0.262 e. The molecule has 2 aromatic carbocycles. The van der Waals surface area contributed by atoms with E-state index in [-0.39, 0.29) is 36.1 Å². The first kappa shape index (κ1) is 20.0. The maximum atomic E-state index is 11.5. The fourth-order valence-electron chi connectivity index (χ4n) is 3.15. The number of aliphatic hydroxyl groups excluding tert-OH is 1. The fourth-order valence-corrected chi connectivity index (χ4v) is 3.15. The van der Waals surface area contributed by atoms with Crippen LogP contribution in [0.3, 0.4) is 0 Å². The Morgan fingerprint density at radius 1 is 1.18 bits per heavy atom. The van der Waals surface area contributed by atoms with E-state index in [1.54, 1.807) is 12.1 Å². The first-order chi connectivity index (χ1) is 13.2. The summed E-state index contributed by atoms with van der Waals surface area (Å²) >= 11 is 0. The van der Waals surface area contributed by atoms with Gasteiger partial charge in [-0.2, -0.15) is 0 Å². The highest BCUT2D eigenvalue weighted by Gasteiger charge is 2.26. The van der Waals surface area contributed by atoms with Gasteiger partial charge >= 0.3 is 0 Å². The molecule has 28 heavy (non-hydrogen) atoms. The summed E-state index contributed by atoms with van der Waals surface area (Å²) in [5, 5.41) is 35.9. The number of β-amino-alcohol motifs (C(OH)–C–C–N with tert-alkyl or cyclic N) is 1. The molecule has 0 fully saturated rings. The summed E-state index contributed by atoms with van der Waals surface area (Å²) in [6, 6.07) is 9.98. The lowest BCUT2D eigenvalue weighted by atomic mass is 9.94. The summed E-state index contributed by atoms with van der Waals surface area (Å²) in [5.74, 6) is 0.280. The SMILES string of the molecule is CC(C)(CCc1ccc(O)cc1)NC[C@H](O)c1cc(O)cc2c1OCC(=O)N2. The Hall–Kier alpha value is -2.77. The van der Waals surface area contributed by atoms with Gasteiger partial charge in [-0.25, -0.2) is 0 Å². The minimum Gasteiger partial charge on any atom is -0.508 e. The number of carbonyl (C=O) groups is 1. The molecular formula is C21H26N2O5. The van der Waals surface area contributed by atoms with Crippen molar-refractivity contribution in [2.45, 2.75) is 38.3 Å². The van der Waals surface area contributed by atoms with E-state index < -0.39 is 6.10 Å². The first-order valence-electron chi connectivity index (χ1n) is 9.24. The molecule has 0 saturated heterocycles. The molecule has 0 unspecified atom stereocenters. The normalized spacial score (nSPS) is 14.8. The van der Waals surface area contributed by atoms with Crippen LogP contribution in [0.5, 0.6) is 17.2 Å². The number of aryl methyl sites for hydroxylation is 1. The number of amides is 1. The van der Waals surface area contributed by atoms with Gasteiger partial charge in [0, 0.05) is 23.7 Å². The van der Waals surface area contributed by atoms with Crippen molar-refractivity contribution in [2.24, 2.45) is 0 Å². The zero-order valence-electron chi connectivity index (χ0n) is 16.0. The molecule has 0 bridgehead atoms. The van der Waals surface area contributed by atoms with Crippen LogP contribution in [0.1, 0.15) is 37.5 Å². The second-order valence-electron chi connectivity index (χ2n) is 7.70. The van der Waals surface area contributed by atoms with E-state index in [2.05, 4.69) is 24.5 Å². The Morgan fingerprint density at radius 2 is 1.89 bits per heavy atom. The maximum absolute atomic E-state index is 11.5. The number of benzene rings is 2. The lowest BCUT2D eigenvalue weighted by molar-refractivity contribution is -0.118. The van der Waals surface area contributed by atoms with Gasteiger partial charge in [0.15, 0.2) is 6.61 Å². The second-order valence-corrected chi connectivity index (χ2v) is 7.70. The summed E-state index contributed by atoms with van der Waals surface area (Å²) in [6.45, 7) is 4.24. The Morgan fingerprint density at radius 3 is 2.61 bits per heavy atom. The van der Waals surface area contributed by atoms with Crippen molar-refractivity contribution in [1.29, 1.82) is 0 Å². The minimum absolute atomic E-state index is 0.0507. The van der Waals surface area contributed by atoms with Crippen LogP contribution in [0.25, 0.3) is 0 Å². The van der Waals surface area contributed by atoms with Gasteiger partial charge in [-0.1, -0.05) is 12.1 Å². The van der Waals surface area contributed by atoms with Crippen LogP contribution in [0, 0.1) is 0 Å². The Kier molecular flexibility index (Phi) is 5.76. The number of anilines is 1. The van der Waals surface area contributed by atoms with E-state index in [9.17, 15) is 20.1 Å². The van der Waals surface area contributed by atoms with Crippen molar-refractivity contribution in [3.05, 3.63) is 47.5 Å². The zero-order chi connectivity index (χ0) is 20.3. The summed E-state index contributed by atoms with van der Waals surface area (Å²) in [5.41, 5.74) is 1.67. The van der Waals surface area contributed by atoms with Gasteiger partial charge < -0.3 is 30.7 Å². The molecule has 1 heterocycles. The molecule has 3 rings (SSSR count). The molecule has 5 N–H and O–H groups in total. The van der Waals surface area contributed by atoms with Gasteiger partial charge in [-0.15, -0.1) is 0 Å². The van der Waals surface area contributed by atoms with Crippen molar-refractivity contribution in [3.8, 4) is 17.2 Å². The number of aromatic hydroxyl groups is 2. The lowest BCUT2D eigenvalue weighted by Gasteiger charge is -2.29. The molecule has 0 saturated carbocycles. The Labute approximate surface area is 164 Å². The van der Waals surface area contributed by atoms with Gasteiger partial charge in [0.25, 0.3) is 5.91 Å². The van der Waals surface area contributed by atoms with Crippen LogP contribution in [0.2, 0.25) is 0 Å². The minimum atomic E-state index is -0.913. The molecule has 0 aromatic heterocycles. The highest BCUT2D eigenvalue weighted by molar-refractivity contribution is 5.96. The largest absolute Gasteiger partial charge is 0.508 e. The van der Waals surface area contributed by atoms with Crippen LogP contribution < -0.4 is 15.4 Å². The van der Waals surface area contributed by atoms with E-state index in [1.807, 2.05) is 12.1 Å². The number of rotatable bonds is 7. The standard InChI is InChI=1S/C21H26N2O5/c1-21(2,8-7-13-3-5-14(24)6-4-13)22-11-18(26)16-9-15(25)10-17-20(16)28-12-19(27)23-17/h3-6,9-10,18,22,24-26H,7-8,11-12H2,1-2H3,(H,23,27)/t18-/m0/s1. The van der Waals surface area contributed by atoms with Gasteiger partial charge in [0.2, 0.25) is 0 Å². The fraction of sp³-hybridized carbons (Fsp3) is 0.381. The molecule has 7 nitrogen and oxygen atoms in total. The van der Waals surface area contributed by atoms with Gasteiger partial charge in [0.1, 0.15) is 17.2 Å². The second kappa shape index (κ2) is 8.08. The van der Waals surface area contributed by atoms with Crippen LogP contribution >= 0.6 is 0 Å². The van der Waals surface area contributed by atoms with Crippen LogP contribution in [-0.2, 0) is 11.2 Å². The third-order valence-electron chi connectivity index (χ3n) is 4.83. The van der Waals surface area contributed by atoms with Crippen molar-refractivity contribution < 1.29 is 24.9 Å². The van der Waals surface area contributed by atoms with Crippen molar-refractivity contribution in [2.75, 3.05) is 18.5 Å². The monoisotopic (exact) mass is 386 g/mol. The number of hydrogen-bond acceptors (Lipinski definition) is 6. The lowest BCUT2D eigenvalue weighted by Crippen LogP contribution is -2.42. The molecular weight excluding hydrogens is 360 g/mol. The number of carbonyl (C=O) groups excluding carboxylic acids is 1. The topological polar surface area (TPSA) is 111 Å². The molecule has 0 radical (unpaired) electrons. The van der Waals surface area contributed by atoms with Crippen LogP contribution in [-0.4, -0.2) is 39.9 Å². The average Bonchev–Trinajstić information content (AvgIpc) is 2.65. The number of aliphatic hydroxyl groups is 1. The van der Waals surface area contributed by atoms with Gasteiger partial charge in [-0.3, -0.25) is 4.79 Å². The van der Waals surface area contributed by atoms with E-state index in [0.29, 0.717) is 17.0 Å². The summed E-state index contributed by atoms with van der Waals surface area (Å²) in [7, 11) is 0. The molecule has 1 amide bonds. The van der Waals surface area contributed by atoms with E-state index in [0.717, 1.165) is 18.4 Å². The van der Waals surface area contributed by atoms with E-state index in [4.69, 9.17) is 4.74 Å². The molecule has 2 aromatic rings.